The molecule has 2 aliphatic rings. The number of hydrogen-bond donors (Lipinski definition) is 0. The van der Waals surface area contributed by atoms with Gasteiger partial charge >= 0.3 is 0 Å². The summed E-state index contributed by atoms with van der Waals surface area (Å²) in [5.41, 5.74) is 10.9. The molecule has 1 heterocycles. The highest BCUT2D eigenvalue weighted by Crippen LogP contribution is 2.62. The van der Waals surface area contributed by atoms with Crippen LogP contribution >= 0.6 is 0 Å². The molecule has 0 saturated carbocycles. The predicted octanol–water partition coefficient (Wildman–Crippen LogP) is 10.9. The number of fused-ring (bicyclic) bond motifs is 10. The molecule has 0 aliphatic heterocycles. The van der Waals surface area contributed by atoms with Crippen LogP contribution in [0.4, 0.5) is 0 Å². The Hall–Kier alpha value is -4.11. The van der Waals surface area contributed by atoms with Crippen LogP contribution in [-0.2, 0) is 5.41 Å². The number of hydrogen-bond acceptors (Lipinski definition) is 3. The van der Waals surface area contributed by atoms with Crippen molar-refractivity contribution in [3.05, 3.63) is 137 Å². The third-order valence-corrected chi connectivity index (χ3v) is 6.88. The Balaban J connectivity index is 0.000000306. The van der Waals surface area contributed by atoms with Gasteiger partial charge in [0.25, 0.3) is 0 Å². The summed E-state index contributed by atoms with van der Waals surface area (Å²) in [5.74, 6) is 2.38. The standard InChI is InChI=1S/C25H16.C6H9N3.4C2H6/c1-5-13-21-17(9-1)18-10-2-6-14-22(18)25(21)23-15-7-3-11-19(23)20-12-4-8-16-24(20)25;1-4-7-5(2)9-6(3)8-4;4*1-2/h1-16H;1-3H3;4*1-2H3. The second-order valence-electron chi connectivity index (χ2n) is 8.91. The molecule has 0 N–H and O–H groups in total. The molecule has 1 aromatic heterocycles. The van der Waals surface area contributed by atoms with Gasteiger partial charge in [0, 0.05) is 0 Å². The van der Waals surface area contributed by atoms with Gasteiger partial charge in [-0.05, 0) is 65.3 Å². The zero-order valence-corrected chi connectivity index (χ0v) is 27.6. The first-order valence-electron chi connectivity index (χ1n) is 15.7. The SMILES string of the molecule is CC.CC.CC.CC.Cc1nc(C)nc(C)n1.c1ccc2c(c1)-c1ccccc1C21c2ccccc2-c2ccccc21. The lowest BCUT2D eigenvalue weighted by Crippen LogP contribution is -2.25. The van der Waals surface area contributed by atoms with Crippen LogP contribution in [0.15, 0.2) is 97.1 Å². The maximum absolute atomic E-state index is 4.01. The van der Waals surface area contributed by atoms with E-state index >= 15 is 0 Å². The van der Waals surface area contributed by atoms with Gasteiger partial charge in [-0.1, -0.05) is 152 Å². The number of aryl methyl sites for hydroxylation is 3. The molecule has 2 aliphatic carbocycles. The zero-order chi connectivity index (χ0) is 31.3. The van der Waals surface area contributed by atoms with Gasteiger partial charge in [0.1, 0.15) is 17.5 Å². The number of rotatable bonds is 0. The lowest BCUT2D eigenvalue weighted by Gasteiger charge is -2.30. The van der Waals surface area contributed by atoms with Crippen molar-refractivity contribution in [1.82, 2.24) is 15.0 Å². The maximum Gasteiger partial charge on any atom is 0.129 e. The Labute approximate surface area is 255 Å². The Morgan fingerprint density at radius 3 is 0.738 bits per heavy atom. The van der Waals surface area contributed by atoms with Crippen LogP contribution in [0, 0.1) is 20.8 Å². The minimum absolute atomic E-state index is 0.180. The second kappa shape index (κ2) is 16.4. The van der Waals surface area contributed by atoms with Crippen LogP contribution in [-0.4, -0.2) is 15.0 Å². The first-order valence-corrected chi connectivity index (χ1v) is 15.7. The number of nitrogens with zero attached hydrogens (tertiary/aromatic N) is 3. The van der Waals surface area contributed by atoms with E-state index in [1.54, 1.807) is 0 Å². The number of benzene rings is 4. The molecule has 1 spiro atoms. The van der Waals surface area contributed by atoms with Crippen LogP contribution in [0.3, 0.4) is 0 Å². The van der Waals surface area contributed by atoms with Crippen LogP contribution in [0.1, 0.15) is 95.1 Å². The molecule has 3 nitrogen and oxygen atoms in total. The zero-order valence-electron chi connectivity index (χ0n) is 27.6. The van der Waals surface area contributed by atoms with E-state index < -0.39 is 0 Å². The molecule has 0 fully saturated rings. The Morgan fingerprint density at radius 1 is 0.333 bits per heavy atom. The molecule has 0 unspecified atom stereocenters. The monoisotopic (exact) mass is 559 g/mol. The Kier molecular flexibility index (Phi) is 13.3. The van der Waals surface area contributed by atoms with Gasteiger partial charge in [-0.25, -0.2) is 15.0 Å². The number of aromatic nitrogens is 3. The molecule has 3 heteroatoms. The minimum Gasteiger partial charge on any atom is -0.219 e. The van der Waals surface area contributed by atoms with Gasteiger partial charge < -0.3 is 0 Å². The Morgan fingerprint density at radius 2 is 0.524 bits per heavy atom. The van der Waals surface area contributed by atoms with Crippen molar-refractivity contribution in [2.24, 2.45) is 0 Å². The van der Waals surface area contributed by atoms with E-state index in [1.807, 2.05) is 76.2 Å². The van der Waals surface area contributed by atoms with Gasteiger partial charge in [0.15, 0.2) is 0 Å². The summed E-state index contributed by atoms with van der Waals surface area (Å²) >= 11 is 0. The third-order valence-electron chi connectivity index (χ3n) is 6.88. The van der Waals surface area contributed by atoms with Crippen molar-refractivity contribution >= 4 is 0 Å². The molecule has 7 rings (SSSR count). The molecule has 42 heavy (non-hydrogen) atoms. The van der Waals surface area contributed by atoms with Crippen molar-refractivity contribution in [1.29, 1.82) is 0 Å². The molecule has 0 bridgehead atoms. The molecule has 0 amide bonds. The maximum atomic E-state index is 4.01. The summed E-state index contributed by atoms with van der Waals surface area (Å²) in [6.45, 7) is 21.6. The summed E-state index contributed by atoms with van der Waals surface area (Å²) in [4.78, 5) is 12.0. The largest absolute Gasteiger partial charge is 0.219 e. The molecule has 0 saturated heterocycles. The van der Waals surface area contributed by atoms with Crippen molar-refractivity contribution < 1.29 is 0 Å². The summed E-state index contributed by atoms with van der Waals surface area (Å²) in [6.07, 6.45) is 0. The lowest BCUT2D eigenvalue weighted by atomic mass is 9.70. The van der Waals surface area contributed by atoms with Crippen LogP contribution < -0.4 is 0 Å². The van der Waals surface area contributed by atoms with Gasteiger partial charge in [-0.3, -0.25) is 0 Å². The van der Waals surface area contributed by atoms with Gasteiger partial charge in [-0.2, -0.15) is 0 Å². The average molecular weight is 560 g/mol. The van der Waals surface area contributed by atoms with Crippen molar-refractivity contribution in [3.63, 3.8) is 0 Å². The van der Waals surface area contributed by atoms with Crippen LogP contribution in [0.25, 0.3) is 22.3 Å². The highest BCUT2D eigenvalue weighted by molar-refractivity contribution is 5.94. The summed E-state index contributed by atoms with van der Waals surface area (Å²) in [6, 6.07) is 35.7. The van der Waals surface area contributed by atoms with E-state index in [2.05, 4.69) is 112 Å². The first-order chi connectivity index (χ1) is 20.6. The van der Waals surface area contributed by atoms with E-state index in [1.165, 1.54) is 44.5 Å². The summed E-state index contributed by atoms with van der Waals surface area (Å²) in [7, 11) is 0. The fourth-order valence-corrected chi connectivity index (χ4v) is 5.83. The normalized spacial score (nSPS) is 11.4. The van der Waals surface area contributed by atoms with Crippen LogP contribution in [0.2, 0.25) is 0 Å². The first kappa shape index (κ1) is 34.1. The predicted molar refractivity (Wildman–Crippen MR) is 182 cm³/mol. The fourth-order valence-electron chi connectivity index (χ4n) is 5.83. The van der Waals surface area contributed by atoms with E-state index in [0.717, 1.165) is 17.5 Å². The Bertz CT molecular complexity index is 1310. The molecular weight excluding hydrogens is 510 g/mol. The van der Waals surface area contributed by atoms with Crippen molar-refractivity contribution in [3.8, 4) is 22.3 Å². The molecular formula is C39H49N3. The van der Waals surface area contributed by atoms with E-state index in [9.17, 15) is 0 Å². The third kappa shape index (κ3) is 6.21. The molecule has 220 valence electrons. The second-order valence-corrected chi connectivity index (χ2v) is 8.91. The summed E-state index contributed by atoms with van der Waals surface area (Å²) in [5, 5.41) is 0. The molecule has 4 aromatic carbocycles. The van der Waals surface area contributed by atoms with Crippen molar-refractivity contribution in [2.45, 2.75) is 81.6 Å². The van der Waals surface area contributed by atoms with E-state index in [4.69, 9.17) is 0 Å². The molecule has 0 radical (unpaired) electrons. The molecule has 0 atom stereocenters. The van der Waals surface area contributed by atoms with E-state index in [0.29, 0.717) is 0 Å². The fraction of sp³-hybridized carbons (Fsp3) is 0.308. The highest BCUT2D eigenvalue weighted by Gasteiger charge is 2.51. The van der Waals surface area contributed by atoms with Gasteiger partial charge in [0.2, 0.25) is 0 Å². The topological polar surface area (TPSA) is 38.7 Å². The van der Waals surface area contributed by atoms with Crippen molar-refractivity contribution in [2.75, 3.05) is 0 Å². The van der Waals surface area contributed by atoms with E-state index in [-0.39, 0.29) is 5.41 Å². The average Bonchev–Trinajstić information content (AvgIpc) is 3.52. The molecule has 5 aromatic rings. The summed E-state index contributed by atoms with van der Waals surface area (Å²) < 4.78 is 0. The van der Waals surface area contributed by atoms with Gasteiger partial charge in [-0.15, -0.1) is 0 Å². The van der Waals surface area contributed by atoms with Gasteiger partial charge in [0.05, 0.1) is 5.41 Å². The van der Waals surface area contributed by atoms with Crippen LogP contribution in [0.5, 0.6) is 0 Å². The smallest absolute Gasteiger partial charge is 0.129 e. The minimum atomic E-state index is -0.180. The quantitative estimate of drug-likeness (QED) is 0.185. The highest BCUT2D eigenvalue weighted by atomic mass is 15.0. The lowest BCUT2D eigenvalue weighted by molar-refractivity contribution is 0.794.